The fraction of sp³-hybridized carbons (Fsp3) is 0.286. The highest BCUT2D eigenvalue weighted by Crippen LogP contribution is 2.39. The average Bonchev–Trinajstić information content (AvgIpc) is 2.71. The number of hydrogen-bond donors (Lipinski definition) is 1. The van der Waals surface area contributed by atoms with Crippen molar-refractivity contribution in [1.82, 2.24) is 4.57 Å². The van der Waals surface area contributed by atoms with Crippen molar-refractivity contribution in [3.05, 3.63) is 35.0 Å². The van der Waals surface area contributed by atoms with Crippen LogP contribution in [-0.4, -0.2) is 16.7 Å². The molecule has 10 heteroatoms. The van der Waals surface area contributed by atoms with Crippen LogP contribution in [0, 0.1) is 11.3 Å². The van der Waals surface area contributed by atoms with Gasteiger partial charge in [-0.1, -0.05) is 0 Å². The first-order valence-corrected chi connectivity index (χ1v) is 6.41. The Kier molecular flexibility index (Phi) is 4.22. The molecule has 0 saturated carbocycles. The van der Waals surface area contributed by atoms with Gasteiger partial charge in [0.15, 0.2) is 0 Å². The molecule has 0 aliphatic heterocycles. The van der Waals surface area contributed by atoms with Gasteiger partial charge in [0.2, 0.25) is 5.91 Å². The second kappa shape index (κ2) is 5.74. The Labute approximate surface area is 131 Å². The first-order chi connectivity index (χ1) is 10.9. The highest BCUT2D eigenvalue weighted by Gasteiger charge is 2.38. The number of nitrogens with two attached hydrogens (primary N) is 1. The van der Waals surface area contributed by atoms with Crippen molar-refractivity contribution in [1.29, 1.82) is 5.26 Å². The fourth-order valence-corrected chi connectivity index (χ4v) is 2.48. The minimum atomic E-state index is -4.95. The topological polar surface area (TPSA) is 71.8 Å². The van der Waals surface area contributed by atoms with Gasteiger partial charge < -0.3 is 10.3 Å². The summed E-state index contributed by atoms with van der Waals surface area (Å²) in [7, 11) is 0. The number of rotatable bonds is 3. The Morgan fingerprint density at radius 1 is 1.21 bits per heavy atom. The number of benzene rings is 1. The Hall–Kier alpha value is -2.70. The molecule has 1 amide bonds. The maximum atomic E-state index is 13.2. The summed E-state index contributed by atoms with van der Waals surface area (Å²) in [5, 5.41) is 8.26. The van der Waals surface area contributed by atoms with Crippen LogP contribution in [0.4, 0.5) is 26.3 Å². The maximum absolute atomic E-state index is 13.2. The molecule has 0 aliphatic carbocycles. The van der Waals surface area contributed by atoms with E-state index >= 15 is 0 Å². The first kappa shape index (κ1) is 17.7. The predicted octanol–water partition coefficient (Wildman–Crippen LogP) is 3.12. The molecule has 0 atom stereocenters. The van der Waals surface area contributed by atoms with Gasteiger partial charge in [0.25, 0.3) is 0 Å². The lowest BCUT2D eigenvalue weighted by molar-refractivity contribution is -0.136. The lowest BCUT2D eigenvalue weighted by atomic mass is 10.0. The standard InChI is InChI=1S/C14H9F6N3O/c15-13(16,17)4-8-3-9-10(23(8)6-11(22)24)2-1-7(5-21)12(9)14(18,19)20/h1-3H,4,6H2,(H2,22,24). The quantitative estimate of drug-likeness (QED) is 0.865. The molecule has 128 valence electrons. The molecule has 2 rings (SSSR count). The monoisotopic (exact) mass is 349 g/mol. The molecule has 1 aromatic carbocycles. The van der Waals surface area contributed by atoms with E-state index < -0.39 is 53.4 Å². The van der Waals surface area contributed by atoms with Crippen molar-refractivity contribution in [3.8, 4) is 6.07 Å². The number of halogens is 6. The van der Waals surface area contributed by atoms with E-state index in [1.165, 1.54) is 6.07 Å². The van der Waals surface area contributed by atoms with Crippen LogP contribution in [0.1, 0.15) is 16.8 Å². The third kappa shape index (κ3) is 3.45. The maximum Gasteiger partial charge on any atom is 0.418 e. The van der Waals surface area contributed by atoms with E-state index in [4.69, 9.17) is 11.0 Å². The number of nitriles is 1. The van der Waals surface area contributed by atoms with Gasteiger partial charge in [-0.15, -0.1) is 0 Å². The van der Waals surface area contributed by atoms with Crippen LogP contribution in [0.15, 0.2) is 18.2 Å². The number of carbonyl (C=O) groups is 1. The number of alkyl halides is 6. The molecule has 0 radical (unpaired) electrons. The van der Waals surface area contributed by atoms with Crippen LogP contribution in [0.5, 0.6) is 0 Å². The summed E-state index contributed by atoms with van der Waals surface area (Å²) < 4.78 is 78.5. The van der Waals surface area contributed by atoms with Gasteiger partial charge >= 0.3 is 12.4 Å². The van der Waals surface area contributed by atoms with Crippen LogP contribution in [-0.2, 0) is 23.9 Å². The van der Waals surface area contributed by atoms with Gasteiger partial charge in [0.05, 0.1) is 23.6 Å². The SMILES string of the molecule is N#Cc1ccc2c(cc(CC(F)(F)F)n2CC(N)=O)c1C(F)(F)F. The Morgan fingerprint density at radius 2 is 1.83 bits per heavy atom. The number of primary amides is 1. The first-order valence-electron chi connectivity index (χ1n) is 6.41. The van der Waals surface area contributed by atoms with Gasteiger partial charge in [0.1, 0.15) is 6.54 Å². The Morgan fingerprint density at radius 3 is 2.29 bits per heavy atom. The van der Waals surface area contributed by atoms with Gasteiger partial charge in [0, 0.05) is 16.6 Å². The van der Waals surface area contributed by atoms with Crippen LogP contribution in [0.3, 0.4) is 0 Å². The molecule has 0 spiro atoms. The molecular weight excluding hydrogens is 340 g/mol. The molecule has 0 bridgehead atoms. The molecular formula is C14H9F6N3O. The number of carbonyl (C=O) groups excluding carboxylic acids is 1. The van der Waals surface area contributed by atoms with Crippen LogP contribution in [0.2, 0.25) is 0 Å². The van der Waals surface area contributed by atoms with Crippen LogP contribution >= 0.6 is 0 Å². The van der Waals surface area contributed by atoms with E-state index in [0.29, 0.717) is 6.07 Å². The predicted molar refractivity (Wildman–Crippen MR) is 70.6 cm³/mol. The summed E-state index contributed by atoms with van der Waals surface area (Å²) in [6.45, 7) is -0.710. The smallest absolute Gasteiger partial charge is 0.368 e. The van der Waals surface area contributed by atoms with Gasteiger partial charge in [-0.05, 0) is 18.2 Å². The van der Waals surface area contributed by atoms with Crippen LogP contribution < -0.4 is 5.73 Å². The van der Waals surface area contributed by atoms with Gasteiger partial charge in [-0.2, -0.15) is 31.6 Å². The summed E-state index contributed by atoms with van der Waals surface area (Å²) >= 11 is 0. The molecule has 1 heterocycles. The highest BCUT2D eigenvalue weighted by molar-refractivity contribution is 5.89. The molecule has 4 nitrogen and oxygen atoms in total. The average molecular weight is 349 g/mol. The minimum absolute atomic E-state index is 0.251. The lowest BCUT2D eigenvalue weighted by Crippen LogP contribution is -2.22. The molecule has 0 fully saturated rings. The Balaban J connectivity index is 2.84. The summed E-state index contributed by atoms with van der Waals surface area (Å²) in [5.74, 6) is -1.01. The summed E-state index contributed by atoms with van der Waals surface area (Å²) in [5.41, 5.74) is 2.12. The highest BCUT2D eigenvalue weighted by atomic mass is 19.4. The van der Waals surface area contributed by atoms with Crippen molar-refractivity contribution in [3.63, 3.8) is 0 Å². The molecule has 0 aliphatic rings. The molecule has 1 aromatic heterocycles. The van der Waals surface area contributed by atoms with Gasteiger partial charge in [-0.25, -0.2) is 0 Å². The van der Waals surface area contributed by atoms with E-state index in [2.05, 4.69) is 0 Å². The molecule has 2 N–H and O–H groups in total. The molecule has 0 saturated heterocycles. The van der Waals surface area contributed by atoms with E-state index in [1.807, 2.05) is 0 Å². The number of fused-ring (bicyclic) bond motifs is 1. The normalized spacial score (nSPS) is 12.4. The number of aromatic nitrogens is 1. The zero-order chi connectivity index (χ0) is 18.3. The Bertz CT molecular complexity index is 841. The van der Waals surface area contributed by atoms with Crippen molar-refractivity contribution >= 4 is 16.8 Å². The van der Waals surface area contributed by atoms with Crippen molar-refractivity contribution in [2.24, 2.45) is 5.73 Å². The zero-order valence-electron chi connectivity index (χ0n) is 11.8. The number of nitrogens with zero attached hydrogens (tertiary/aromatic N) is 2. The largest absolute Gasteiger partial charge is 0.418 e. The fourth-order valence-electron chi connectivity index (χ4n) is 2.48. The van der Waals surface area contributed by atoms with Crippen molar-refractivity contribution < 1.29 is 31.1 Å². The lowest BCUT2D eigenvalue weighted by Gasteiger charge is -2.12. The molecule has 0 unspecified atom stereocenters. The van der Waals surface area contributed by atoms with Crippen molar-refractivity contribution in [2.45, 2.75) is 25.3 Å². The third-order valence-electron chi connectivity index (χ3n) is 3.27. The van der Waals surface area contributed by atoms with Gasteiger partial charge in [-0.3, -0.25) is 4.79 Å². The number of hydrogen-bond acceptors (Lipinski definition) is 2. The summed E-state index contributed by atoms with van der Waals surface area (Å²) in [4.78, 5) is 11.1. The molecule has 2 aromatic rings. The number of amides is 1. The van der Waals surface area contributed by atoms with Crippen LogP contribution in [0.25, 0.3) is 10.9 Å². The summed E-state index contributed by atoms with van der Waals surface area (Å²) in [6, 6.07) is 3.97. The zero-order valence-corrected chi connectivity index (χ0v) is 11.8. The van der Waals surface area contributed by atoms with E-state index in [0.717, 1.165) is 16.7 Å². The minimum Gasteiger partial charge on any atom is -0.368 e. The van der Waals surface area contributed by atoms with E-state index in [-0.39, 0.29) is 5.52 Å². The summed E-state index contributed by atoms with van der Waals surface area (Å²) in [6.07, 6.45) is -11.2. The third-order valence-corrected chi connectivity index (χ3v) is 3.27. The molecule has 24 heavy (non-hydrogen) atoms. The van der Waals surface area contributed by atoms with Crippen molar-refractivity contribution in [2.75, 3.05) is 0 Å². The second-order valence-electron chi connectivity index (χ2n) is 5.01. The second-order valence-corrected chi connectivity index (χ2v) is 5.01. The van der Waals surface area contributed by atoms with E-state index in [1.54, 1.807) is 0 Å². The van der Waals surface area contributed by atoms with E-state index in [9.17, 15) is 31.1 Å².